The first kappa shape index (κ1) is 14.6. The number of carboxylic acid groups (broad SMARTS) is 1. The van der Waals surface area contributed by atoms with Crippen LogP contribution < -0.4 is 5.32 Å². The van der Waals surface area contributed by atoms with Gasteiger partial charge in [-0.3, -0.25) is 0 Å². The molecule has 1 fully saturated rings. The zero-order valence-corrected chi connectivity index (χ0v) is 12.2. The van der Waals surface area contributed by atoms with Gasteiger partial charge in [-0.15, -0.1) is 0 Å². The number of carboxylic acids is 1. The van der Waals surface area contributed by atoms with Crippen LogP contribution in [0.5, 0.6) is 0 Å². The summed E-state index contributed by atoms with van der Waals surface area (Å²) in [5.74, 6) is -1.37. The summed E-state index contributed by atoms with van der Waals surface area (Å²) in [7, 11) is 0. The maximum Gasteiger partial charge on any atom is 0.332 e. The van der Waals surface area contributed by atoms with Crippen LogP contribution in [-0.4, -0.2) is 29.8 Å². The molecule has 1 heterocycles. The number of anilines is 1. The third kappa shape index (κ3) is 3.58. The van der Waals surface area contributed by atoms with Crippen LogP contribution in [0.1, 0.15) is 12.8 Å². The van der Waals surface area contributed by atoms with Gasteiger partial charge in [0.05, 0.1) is 16.8 Å². The van der Waals surface area contributed by atoms with E-state index in [1.54, 1.807) is 0 Å². The van der Waals surface area contributed by atoms with Crippen LogP contribution in [0.2, 0.25) is 5.02 Å². The van der Waals surface area contributed by atoms with E-state index in [9.17, 15) is 9.18 Å². The SMILES string of the molecule is O=C(O)C1CCC(CNc2c(Cl)cc(F)cc2Br)O1. The second-order valence-corrected chi connectivity index (χ2v) is 5.55. The van der Waals surface area contributed by atoms with E-state index in [0.717, 1.165) is 0 Å². The van der Waals surface area contributed by atoms with Crippen LogP contribution in [0.4, 0.5) is 10.1 Å². The zero-order chi connectivity index (χ0) is 14.0. The van der Waals surface area contributed by atoms with Crippen molar-refractivity contribution in [2.75, 3.05) is 11.9 Å². The largest absolute Gasteiger partial charge is 0.479 e. The number of hydrogen-bond acceptors (Lipinski definition) is 3. The molecule has 0 spiro atoms. The van der Waals surface area contributed by atoms with Gasteiger partial charge >= 0.3 is 5.97 Å². The molecule has 2 rings (SSSR count). The molecule has 104 valence electrons. The van der Waals surface area contributed by atoms with Crippen molar-refractivity contribution >= 4 is 39.2 Å². The number of ether oxygens (including phenoxy) is 1. The van der Waals surface area contributed by atoms with Crippen LogP contribution in [0.25, 0.3) is 0 Å². The third-order valence-corrected chi connectivity index (χ3v) is 3.82. The first-order valence-electron chi connectivity index (χ1n) is 5.74. The molecule has 0 radical (unpaired) electrons. The number of aliphatic carboxylic acids is 1. The van der Waals surface area contributed by atoms with Crippen LogP contribution >= 0.6 is 27.5 Å². The average molecular weight is 353 g/mol. The van der Waals surface area contributed by atoms with Crippen molar-refractivity contribution < 1.29 is 19.0 Å². The van der Waals surface area contributed by atoms with E-state index in [-0.39, 0.29) is 11.1 Å². The molecule has 2 unspecified atom stereocenters. The third-order valence-electron chi connectivity index (χ3n) is 2.90. The fourth-order valence-corrected chi connectivity index (χ4v) is 2.92. The van der Waals surface area contributed by atoms with Crippen molar-refractivity contribution in [1.29, 1.82) is 0 Å². The van der Waals surface area contributed by atoms with Gasteiger partial charge in [-0.2, -0.15) is 0 Å². The van der Waals surface area contributed by atoms with E-state index in [1.807, 2.05) is 0 Å². The highest BCUT2D eigenvalue weighted by Gasteiger charge is 2.30. The molecular weight excluding hydrogens is 340 g/mol. The molecule has 1 aliphatic rings. The quantitative estimate of drug-likeness (QED) is 0.873. The van der Waals surface area contributed by atoms with Gasteiger partial charge in [0.15, 0.2) is 6.10 Å². The summed E-state index contributed by atoms with van der Waals surface area (Å²) in [6, 6.07) is 2.52. The van der Waals surface area contributed by atoms with Gasteiger partial charge in [0.2, 0.25) is 0 Å². The minimum Gasteiger partial charge on any atom is -0.479 e. The molecule has 1 saturated heterocycles. The second-order valence-electron chi connectivity index (χ2n) is 4.29. The van der Waals surface area contributed by atoms with E-state index in [2.05, 4.69) is 21.2 Å². The highest BCUT2D eigenvalue weighted by atomic mass is 79.9. The van der Waals surface area contributed by atoms with Gasteiger partial charge in [0.1, 0.15) is 5.82 Å². The lowest BCUT2D eigenvalue weighted by Gasteiger charge is -2.15. The van der Waals surface area contributed by atoms with Crippen LogP contribution in [0.3, 0.4) is 0 Å². The molecule has 7 heteroatoms. The smallest absolute Gasteiger partial charge is 0.332 e. The molecule has 2 N–H and O–H groups in total. The van der Waals surface area contributed by atoms with E-state index < -0.39 is 17.9 Å². The number of benzene rings is 1. The Bertz CT molecular complexity index is 477. The Balaban J connectivity index is 1.95. The van der Waals surface area contributed by atoms with Gasteiger partial charge < -0.3 is 15.2 Å². The first-order chi connectivity index (χ1) is 8.97. The lowest BCUT2D eigenvalue weighted by Crippen LogP contribution is -2.24. The fraction of sp³-hybridized carbons (Fsp3) is 0.417. The Morgan fingerprint density at radius 3 is 2.89 bits per heavy atom. The fourth-order valence-electron chi connectivity index (χ4n) is 1.96. The molecule has 19 heavy (non-hydrogen) atoms. The first-order valence-corrected chi connectivity index (χ1v) is 6.91. The summed E-state index contributed by atoms with van der Waals surface area (Å²) in [5.41, 5.74) is 0.574. The average Bonchev–Trinajstić information content (AvgIpc) is 2.76. The maximum atomic E-state index is 13.1. The van der Waals surface area contributed by atoms with Gasteiger partial charge in [-0.1, -0.05) is 11.6 Å². The van der Waals surface area contributed by atoms with Crippen molar-refractivity contribution in [3.05, 3.63) is 27.4 Å². The van der Waals surface area contributed by atoms with E-state index in [0.29, 0.717) is 29.5 Å². The Labute approximate surface area is 123 Å². The van der Waals surface area contributed by atoms with Gasteiger partial charge in [-0.05, 0) is 40.9 Å². The molecule has 1 aromatic carbocycles. The van der Waals surface area contributed by atoms with Crippen molar-refractivity contribution in [3.63, 3.8) is 0 Å². The molecule has 4 nitrogen and oxygen atoms in total. The Morgan fingerprint density at radius 1 is 1.58 bits per heavy atom. The number of hydrogen-bond donors (Lipinski definition) is 2. The number of nitrogens with one attached hydrogen (secondary N) is 1. The van der Waals surface area contributed by atoms with E-state index in [4.69, 9.17) is 21.4 Å². The minimum atomic E-state index is -0.941. The summed E-state index contributed by atoms with van der Waals surface area (Å²) < 4.78 is 18.9. The summed E-state index contributed by atoms with van der Waals surface area (Å²) >= 11 is 9.15. The van der Waals surface area contributed by atoms with Gasteiger partial charge in [-0.25, -0.2) is 9.18 Å². The summed E-state index contributed by atoms with van der Waals surface area (Å²) in [6.07, 6.45) is 0.244. The summed E-state index contributed by atoms with van der Waals surface area (Å²) in [4.78, 5) is 10.8. The topological polar surface area (TPSA) is 58.6 Å². The maximum absolute atomic E-state index is 13.1. The highest BCUT2D eigenvalue weighted by Crippen LogP contribution is 2.32. The van der Waals surface area contributed by atoms with E-state index in [1.165, 1.54) is 12.1 Å². The molecule has 2 atom stereocenters. The molecule has 1 aromatic rings. The summed E-state index contributed by atoms with van der Waals surface area (Å²) in [6.45, 7) is 0.424. The van der Waals surface area contributed by atoms with E-state index >= 15 is 0 Å². The van der Waals surface area contributed by atoms with Crippen molar-refractivity contribution in [1.82, 2.24) is 0 Å². The highest BCUT2D eigenvalue weighted by molar-refractivity contribution is 9.10. The lowest BCUT2D eigenvalue weighted by atomic mass is 10.2. The molecular formula is C12H12BrClFNO3. The van der Waals surface area contributed by atoms with Crippen LogP contribution in [0.15, 0.2) is 16.6 Å². The molecule has 0 saturated carbocycles. The predicted molar refractivity (Wildman–Crippen MR) is 73.1 cm³/mol. The lowest BCUT2D eigenvalue weighted by molar-refractivity contribution is -0.149. The molecule has 1 aliphatic heterocycles. The minimum absolute atomic E-state index is 0.186. The Hall–Kier alpha value is -0.850. The van der Waals surface area contributed by atoms with Crippen molar-refractivity contribution in [2.45, 2.75) is 25.0 Å². The molecule has 0 aromatic heterocycles. The van der Waals surface area contributed by atoms with Crippen LogP contribution in [0, 0.1) is 5.82 Å². The number of rotatable bonds is 4. The van der Waals surface area contributed by atoms with Gasteiger partial charge in [0, 0.05) is 11.0 Å². The van der Waals surface area contributed by atoms with Crippen molar-refractivity contribution in [2.24, 2.45) is 0 Å². The van der Waals surface area contributed by atoms with Crippen LogP contribution in [-0.2, 0) is 9.53 Å². The standard InChI is InChI=1S/C12H12BrClFNO3/c13-8-3-6(15)4-9(14)11(8)16-5-7-1-2-10(19-7)12(17)18/h3-4,7,10,16H,1-2,5H2,(H,17,18). The second kappa shape index (κ2) is 6.07. The monoisotopic (exact) mass is 351 g/mol. The molecule has 0 aliphatic carbocycles. The Kier molecular flexibility index (Phi) is 4.65. The Morgan fingerprint density at radius 2 is 2.32 bits per heavy atom. The molecule has 0 bridgehead atoms. The number of carbonyl (C=O) groups is 1. The molecule has 0 amide bonds. The summed E-state index contributed by atoms with van der Waals surface area (Å²) in [5, 5.41) is 12.1. The predicted octanol–water partition coefficient (Wildman–Crippen LogP) is 3.29. The van der Waals surface area contributed by atoms with Gasteiger partial charge in [0.25, 0.3) is 0 Å². The van der Waals surface area contributed by atoms with Crippen molar-refractivity contribution in [3.8, 4) is 0 Å². The number of halogens is 3. The normalized spacial score (nSPS) is 22.5. The zero-order valence-electron chi connectivity index (χ0n) is 9.83.